The van der Waals surface area contributed by atoms with Crippen LogP contribution in [0, 0.1) is 24.2 Å². The van der Waals surface area contributed by atoms with Gasteiger partial charge in [0.1, 0.15) is 11.9 Å². The number of hydrogen-bond donors (Lipinski definition) is 2. The van der Waals surface area contributed by atoms with E-state index in [0.717, 1.165) is 6.42 Å². The molecule has 3 rings (SSSR count). The molecule has 1 amide bonds. The quantitative estimate of drug-likeness (QED) is 0.800. The second-order valence-corrected chi connectivity index (χ2v) is 6.95. The molecule has 1 aliphatic rings. The summed E-state index contributed by atoms with van der Waals surface area (Å²) in [5, 5.41) is 15.0. The number of rotatable bonds is 6. The van der Waals surface area contributed by atoms with Crippen LogP contribution in [0.25, 0.3) is 0 Å². The van der Waals surface area contributed by atoms with E-state index in [2.05, 4.69) is 40.7 Å². The molecule has 1 aliphatic carbocycles. The van der Waals surface area contributed by atoms with Gasteiger partial charge >= 0.3 is 0 Å². The normalized spacial score (nSPS) is 19.0. The van der Waals surface area contributed by atoms with E-state index in [1.54, 1.807) is 29.7 Å². The van der Waals surface area contributed by atoms with Crippen molar-refractivity contribution >= 4 is 23.1 Å². The minimum Gasteiger partial charge on any atom is -0.367 e. The van der Waals surface area contributed by atoms with E-state index >= 15 is 0 Å². The number of thiophene rings is 1. The molecule has 0 spiro atoms. The molecule has 1 fully saturated rings. The minimum absolute atomic E-state index is 0.109. The highest BCUT2D eigenvalue weighted by Gasteiger charge is 2.44. The smallest absolute Gasteiger partial charge is 0.223 e. The Balaban J connectivity index is 1.42. The van der Waals surface area contributed by atoms with Crippen LogP contribution in [0.3, 0.4) is 0 Å². The van der Waals surface area contributed by atoms with Crippen LogP contribution < -0.4 is 10.6 Å². The Morgan fingerprint density at radius 1 is 1.43 bits per heavy atom. The molecule has 5 nitrogen and oxygen atoms in total. The zero-order chi connectivity index (χ0) is 16.2. The third-order valence-electron chi connectivity index (χ3n) is 3.90. The summed E-state index contributed by atoms with van der Waals surface area (Å²) >= 11 is 1.78. The molecule has 0 aliphatic heterocycles. The van der Waals surface area contributed by atoms with Gasteiger partial charge in [-0.15, -0.1) is 11.3 Å². The lowest BCUT2D eigenvalue weighted by Crippen LogP contribution is -2.30. The second-order valence-electron chi connectivity index (χ2n) is 5.63. The lowest BCUT2D eigenvalue weighted by molar-refractivity contribution is -0.122. The van der Waals surface area contributed by atoms with Crippen LogP contribution in [0.1, 0.15) is 27.7 Å². The van der Waals surface area contributed by atoms with Crippen LogP contribution in [0.5, 0.6) is 0 Å². The van der Waals surface area contributed by atoms with E-state index < -0.39 is 0 Å². The van der Waals surface area contributed by atoms with Crippen LogP contribution in [0.4, 0.5) is 5.82 Å². The monoisotopic (exact) mass is 326 g/mol. The molecule has 23 heavy (non-hydrogen) atoms. The highest BCUT2D eigenvalue weighted by atomic mass is 32.1. The fourth-order valence-corrected chi connectivity index (χ4v) is 3.64. The Morgan fingerprint density at radius 3 is 3.04 bits per heavy atom. The summed E-state index contributed by atoms with van der Waals surface area (Å²) in [4.78, 5) is 18.9. The molecule has 0 aromatic carbocycles. The van der Waals surface area contributed by atoms with E-state index in [1.165, 1.54) is 9.75 Å². The molecule has 6 heteroatoms. The van der Waals surface area contributed by atoms with E-state index in [4.69, 9.17) is 5.26 Å². The van der Waals surface area contributed by atoms with E-state index in [1.807, 2.05) is 0 Å². The lowest BCUT2D eigenvalue weighted by atomic mass is 10.2. The predicted octanol–water partition coefficient (Wildman–Crippen LogP) is 2.66. The van der Waals surface area contributed by atoms with E-state index in [0.29, 0.717) is 30.4 Å². The van der Waals surface area contributed by atoms with E-state index in [-0.39, 0.29) is 11.8 Å². The van der Waals surface area contributed by atoms with Crippen molar-refractivity contribution in [2.75, 3.05) is 18.4 Å². The number of carbonyl (C=O) groups is 1. The summed E-state index contributed by atoms with van der Waals surface area (Å²) in [6.45, 7) is 3.16. The number of nitrogens with zero attached hydrogens (tertiary/aromatic N) is 2. The van der Waals surface area contributed by atoms with Crippen LogP contribution in [-0.2, 0) is 4.79 Å². The van der Waals surface area contributed by atoms with Gasteiger partial charge in [0.15, 0.2) is 0 Å². The van der Waals surface area contributed by atoms with Gasteiger partial charge in [0.05, 0.1) is 5.56 Å². The Labute approximate surface area is 139 Å². The zero-order valence-corrected chi connectivity index (χ0v) is 13.7. The van der Waals surface area contributed by atoms with Crippen molar-refractivity contribution in [3.8, 4) is 6.07 Å². The highest BCUT2D eigenvalue weighted by molar-refractivity contribution is 7.12. The van der Waals surface area contributed by atoms with Crippen molar-refractivity contribution in [3.05, 3.63) is 45.8 Å². The largest absolute Gasteiger partial charge is 0.367 e. The summed E-state index contributed by atoms with van der Waals surface area (Å²) in [5.74, 6) is 1.17. The first-order valence-electron chi connectivity index (χ1n) is 7.62. The van der Waals surface area contributed by atoms with Gasteiger partial charge in [-0.2, -0.15) is 5.26 Å². The first kappa shape index (κ1) is 15.5. The number of carbonyl (C=O) groups excluding carboxylic acids is 1. The number of nitrogens with one attached hydrogen (secondary N) is 2. The average molecular weight is 326 g/mol. The van der Waals surface area contributed by atoms with Crippen LogP contribution in [0.15, 0.2) is 30.5 Å². The molecule has 2 aromatic rings. The average Bonchev–Trinajstić information content (AvgIpc) is 3.26. The maximum absolute atomic E-state index is 12.1. The highest BCUT2D eigenvalue weighted by Crippen LogP contribution is 2.49. The standard InChI is InChI=1S/C17H18N4OS/c1-11-4-5-15(23-11)13-9-14(13)17(22)21-8-7-20-16-12(10-18)3-2-6-19-16/h2-6,13-14H,7-9H2,1H3,(H,19,20)(H,21,22)/t13-,14-/m1/s1. The van der Waals surface area contributed by atoms with Crippen molar-refractivity contribution in [2.45, 2.75) is 19.3 Å². The summed E-state index contributed by atoms with van der Waals surface area (Å²) in [6.07, 6.45) is 2.58. The number of pyridine rings is 1. The van der Waals surface area contributed by atoms with Gasteiger partial charge in [-0.3, -0.25) is 4.79 Å². The molecule has 0 saturated heterocycles. The van der Waals surface area contributed by atoms with Crippen LogP contribution in [0.2, 0.25) is 0 Å². The second kappa shape index (κ2) is 6.80. The Bertz CT molecular complexity index is 749. The van der Waals surface area contributed by atoms with Crippen molar-refractivity contribution < 1.29 is 4.79 Å². The number of amides is 1. The fraction of sp³-hybridized carbons (Fsp3) is 0.353. The molecular weight excluding hydrogens is 308 g/mol. The third-order valence-corrected chi connectivity index (χ3v) is 5.03. The number of anilines is 1. The predicted molar refractivity (Wildman–Crippen MR) is 90.4 cm³/mol. The summed E-state index contributed by atoms with van der Waals surface area (Å²) in [6, 6.07) is 9.77. The third kappa shape index (κ3) is 3.69. The summed E-state index contributed by atoms with van der Waals surface area (Å²) < 4.78 is 0. The molecule has 2 heterocycles. The van der Waals surface area contributed by atoms with E-state index in [9.17, 15) is 4.79 Å². The Kier molecular flexibility index (Phi) is 4.58. The number of aromatic nitrogens is 1. The summed E-state index contributed by atoms with van der Waals surface area (Å²) in [7, 11) is 0. The maximum atomic E-state index is 12.1. The SMILES string of the molecule is Cc1ccc([C@@H]2C[C@H]2C(=O)NCCNc2ncccc2C#N)s1. The van der Waals surface area contributed by atoms with Gasteiger partial charge in [0.2, 0.25) is 5.91 Å². The molecule has 2 atom stereocenters. The van der Waals surface area contributed by atoms with Crippen LogP contribution in [-0.4, -0.2) is 24.0 Å². The molecule has 0 unspecified atom stereocenters. The number of hydrogen-bond acceptors (Lipinski definition) is 5. The Hall–Kier alpha value is -2.39. The molecule has 2 aromatic heterocycles. The van der Waals surface area contributed by atoms with Crippen LogP contribution >= 0.6 is 11.3 Å². The Morgan fingerprint density at radius 2 is 2.30 bits per heavy atom. The molecule has 2 N–H and O–H groups in total. The van der Waals surface area contributed by atoms with Crippen molar-refractivity contribution in [1.82, 2.24) is 10.3 Å². The molecule has 1 saturated carbocycles. The topological polar surface area (TPSA) is 77.8 Å². The van der Waals surface area contributed by atoms with Gasteiger partial charge in [0.25, 0.3) is 0 Å². The number of nitriles is 1. The van der Waals surface area contributed by atoms with Gasteiger partial charge in [-0.25, -0.2) is 4.98 Å². The van der Waals surface area contributed by atoms with Gasteiger partial charge < -0.3 is 10.6 Å². The summed E-state index contributed by atoms with van der Waals surface area (Å²) in [5.41, 5.74) is 0.508. The van der Waals surface area contributed by atoms with Gasteiger partial charge in [-0.05, 0) is 37.6 Å². The molecular formula is C17H18N4OS. The maximum Gasteiger partial charge on any atom is 0.223 e. The molecule has 0 bridgehead atoms. The van der Waals surface area contributed by atoms with Crippen molar-refractivity contribution in [2.24, 2.45) is 5.92 Å². The van der Waals surface area contributed by atoms with Crippen molar-refractivity contribution in [1.29, 1.82) is 5.26 Å². The van der Waals surface area contributed by atoms with Gasteiger partial charge in [-0.1, -0.05) is 0 Å². The molecule has 0 radical (unpaired) electrons. The fourth-order valence-electron chi connectivity index (χ4n) is 2.59. The van der Waals surface area contributed by atoms with Crippen molar-refractivity contribution in [3.63, 3.8) is 0 Å². The molecule has 118 valence electrons. The first-order chi connectivity index (χ1) is 11.2. The lowest BCUT2D eigenvalue weighted by Gasteiger charge is -2.08. The zero-order valence-electron chi connectivity index (χ0n) is 12.9. The van der Waals surface area contributed by atoms with Gasteiger partial charge in [0, 0.05) is 40.9 Å². The first-order valence-corrected chi connectivity index (χ1v) is 8.43. The number of aryl methyl sites for hydroxylation is 1. The minimum atomic E-state index is 0.109.